The van der Waals surface area contributed by atoms with E-state index in [-0.39, 0.29) is 0 Å². The molecule has 1 aromatic carbocycles. The summed E-state index contributed by atoms with van der Waals surface area (Å²) in [4.78, 5) is 4.61. The number of rotatable bonds is 4. The summed E-state index contributed by atoms with van der Waals surface area (Å²) in [6, 6.07) is 8.34. The van der Waals surface area contributed by atoms with Crippen molar-refractivity contribution in [1.29, 1.82) is 5.26 Å². The molecule has 0 saturated heterocycles. The summed E-state index contributed by atoms with van der Waals surface area (Å²) in [6.45, 7) is 4.06. The highest BCUT2D eigenvalue weighted by molar-refractivity contribution is 5.66. The highest BCUT2D eigenvalue weighted by Crippen LogP contribution is 2.31. The molecule has 0 aliphatic heterocycles. The largest absolute Gasteiger partial charge is 0.496 e. The van der Waals surface area contributed by atoms with Crippen molar-refractivity contribution in [2.75, 3.05) is 7.11 Å². The third-order valence-electron chi connectivity index (χ3n) is 3.57. The molecule has 0 atom stereocenters. The van der Waals surface area contributed by atoms with E-state index in [1.54, 1.807) is 7.11 Å². The van der Waals surface area contributed by atoms with Gasteiger partial charge >= 0.3 is 0 Å². The Bertz CT molecular complexity index is 665. The Balaban J connectivity index is 2.62. The van der Waals surface area contributed by atoms with Crippen LogP contribution in [0.5, 0.6) is 5.75 Å². The summed E-state index contributed by atoms with van der Waals surface area (Å²) >= 11 is 0. The second kappa shape index (κ2) is 5.79. The van der Waals surface area contributed by atoms with Crippen LogP contribution in [0.1, 0.15) is 23.9 Å². The Morgan fingerprint density at radius 3 is 2.75 bits per heavy atom. The van der Waals surface area contributed by atoms with E-state index in [0.717, 1.165) is 34.9 Å². The first kappa shape index (κ1) is 14.1. The lowest BCUT2D eigenvalue weighted by Crippen LogP contribution is -2.00. The number of hydrogen-bond acceptors (Lipinski definition) is 3. The second-order valence-electron chi connectivity index (χ2n) is 4.75. The van der Waals surface area contributed by atoms with E-state index in [4.69, 9.17) is 10.00 Å². The van der Waals surface area contributed by atoms with Crippen molar-refractivity contribution in [1.82, 2.24) is 9.55 Å². The van der Waals surface area contributed by atoms with Gasteiger partial charge in [0.25, 0.3) is 0 Å². The van der Waals surface area contributed by atoms with E-state index in [9.17, 15) is 0 Å². The van der Waals surface area contributed by atoms with Gasteiger partial charge in [0.1, 0.15) is 11.6 Å². The first-order valence-corrected chi connectivity index (χ1v) is 6.68. The van der Waals surface area contributed by atoms with Crippen LogP contribution in [0.25, 0.3) is 11.4 Å². The summed E-state index contributed by atoms with van der Waals surface area (Å²) in [5.74, 6) is 1.65. The minimum Gasteiger partial charge on any atom is -0.496 e. The van der Waals surface area contributed by atoms with Gasteiger partial charge in [0, 0.05) is 7.05 Å². The van der Waals surface area contributed by atoms with E-state index in [1.807, 2.05) is 24.6 Å². The van der Waals surface area contributed by atoms with Gasteiger partial charge in [-0.15, -0.1) is 0 Å². The van der Waals surface area contributed by atoms with Gasteiger partial charge in [0.2, 0.25) is 0 Å². The Labute approximate surface area is 119 Å². The zero-order valence-corrected chi connectivity index (χ0v) is 12.4. The topological polar surface area (TPSA) is 50.8 Å². The van der Waals surface area contributed by atoms with E-state index in [1.165, 1.54) is 5.56 Å². The predicted octanol–water partition coefficient (Wildman–Crippen LogP) is 3.03. The fraction of sp³-hybridized carbons (Fsp3) is 0.375. The zero-order valence-electron chi connectivity index (χ0n) is 12.4. The van der Waals surface area contributed by atoms with E-state index in [0.29, 0.717) is 6.42 Å². The minimum atomic E-state index is 0.366. The zero-order chi connectivity index (χ0) is 14.7. The summed E-state index contributed by atoms with van der Waals surface area (Å²) in [5, 5.41) is 8.92. The molecule has 1 aromatic heterocycles. The van der Waals surface area contributed by atoms with Gasteiger partial charge < -0.3 is 9.30 Å². The molecule has 0 radical (unpaired) electrons. The maximum Gasteiger partial charge on any atom is 0.143 e. The van der Waals surface area contributed by atoms with Gasteiger partial charge in [-0.1, -0.05) is 13.0 Å². The van der Waals surface area contributed by atoms with E-state index < -0.39 is 0 Å². The molecule has 2 aromatic rings. The molecule has 0 spiro atoms. The highest BCUT2D eigenvalue weighted by atomic mass is 16.5. The van der Waals surface area contributed by atoms with Crippen LogP contribution < -0.4 is 4.74 Å². The molecule has 0 aliphatic rings. The number of methoxy groups -OCH3 is 1. The van der Waals surface area contributed by atoms with Crippen molar-refractivity contribution in [2.24, 2.45) is 7.05 Å². The molecule has 0 saturated carbocycles. The van der Waals surface area contributed by atoms with Gasteiger partial charge in [-0.25, -0.2) is 4.98 Å². The Morgan fingerprint density at radius 2 is 2.15 bits per heavy atom. The van der Waals surface area contributed by atoms with Crippen molar-refractivity contribution < 1.29 is 4.74 Å². The first-order chi connectivity index (χ1) is 9.62. The van der Waals surface area contributed by atoms with E-state index in [2.05, 4.69) is 30.1 Å². The predicted molar refractivity (Wildman–Crippen MR) is 78.6 cm³/mol. The quantitative estimate of drug-likeness (QED) is 0.857. The fourth-order valence-corrected chi connectivity index (χ4v) is 2.38. The number of nitriles is 1. The second-order valence-corrected chi connectivity index (χ2v) is 4.75. The van der Waals surface area contributed by atoms with Crippen molar-refractivity contribution in [2.45, 2.75) is 26.7 Å². The number of aryl methyl sites for hydroxylation is 2. The molecule has 4 heteroatoms. The molecule has 0 bridgehead atoms. The Morgan fingerprint density at radius 1 is 1.40 bits per heavy atom. The average molecular weight is 269 g/mol. The van der Waals surface area contributed by atoms with Crippen LogP contribution in [0.3, 0.4) is 0 Å². The Hall–Kier alpha value is -2.28. The lowest BCUT2D eigenvalue weighted by atomic mass is 10.1. The number of ether oxygens (including phenoxy) is 1. The lowest BCUT2D eigenvalue weighted by Gasteiger charge is -2.11. The third kappa shape index (κ3) is 2.39. The summed E-state index contributed by atoms with van der Waals surface area (Å²) in [5.41, 5.74) is 4.06. The van der Waals surface area contributed by atoms with Gasteiger partial charge in [-0.2, -0.15) is 5.26 Å². The minimum absolute atomic E-state index is 0.366. The maximum absolute atomic E-state index is 8.92. The van der Waals surface area contributed by atoms with Gasteiger partial charge in [0.15, 0.2) is 0 Å². The number of aromatic nitrogens is 2. The molecular weight excluding hydrogens is 250 g/mol. The summed E-state index contributed by atoms with van der Waals surface area (Å²) in [7, 11) is 3.61. The van der Waals surface area contributed by atoms with Crippen LogP contribution in [-0.2, 0) is 19.9 Å². The van der Waals surface area contributed by atoms with Crippen LogP contribution in [-0.4, -0.2) is 16.7 Å². The molecule has 4 nitrogen and oxygen atoms in total. The molecule has 0 N–H and O–H groups in total. The third-order valence-corrected chi connectivity index (χ3v) is 3.57. The van der Waals surface area contributed by atoms with Crippen LogP contribution in [0.2, 0.25) is 0 Å². The van der Waals surface area contributed by atoms with Crippen LogP contribution >= 0.6 is 0 Å². The van der Waals surface area contributed by atoms with Crippen LogP contribution in [0, 0.1) is 18.3 Å². The molecule has 0 fully saturated rings. The van der Waals surface area contributed by atoms with Crippen LogP contribution in [0.4, 0.5) is 0 Å². The number of imidazole rings is 1. The Kier molecular flexibility index (Phi) is 4.09. The molecular formula is C16H19N3O. The fourth-order valence-electron chi connectivity index (χ4n) is 2.38. The molecule has 0 unspecified atom stereocenters. The normalized spacial score (nSPS) is 10.3. The van der Waals surface area contributed by atoms with Crippen LogP contribution in [0.15, 0.2) is 18.2 Å². The molecule has 0 amide bonds. The highest BCUT2D eigenvalue weighted by Gasteiger charge is 2.16. The molecule has 1 heterocycles. The summed E-state index contributed by atoms with van der Waals surface area (Å²) in [6.07, 6.45) is 1.33. The average Bonchev–Trinajstić information content (AvgIpc) is 2.75. The summed E-state index contributed by atoms with van der Waals surface area (Å²) < 4.78 is 7.43. The molecule has 20 heavy (non-hydrogen) atoms. The SMILES string of the molecule is CCc1ccc(OC)c(-c2nc(C)c(CC#N)n2C)c1. The number of hydrogen-bond donors (Lipinski definition) is 0. The lowest BCUT2D eigenvalue weighted by molar-refractivity contribution is 0.416. The van der Waals surface area contributed by atoms with Crippen molar-refractivity contribution in [3.05, 3.63) is 35.2 Å². The van der Waals surface area contributed by atoms with Gasteiger partial charge in [-0.3, -0.25) is 0 Å². The monoisotopic (exact) mass is 269 g/mol. The first-order valence-electron chi connectivity index (χ1n) is 6.68. The van der Waals surface area contributed by atoms with Gasteiger partial charge in [-0.05, 0) is 31.0 Å². The number of benzene rings is 1. The smallest absolute Gasteiger partial charge is 0.143 e. The van der Waals surface area contributed by atoms with E-state index >= 15 is 0 Å². The molecule has 0 aliphatic carbocycles. The van der Waals surface area contributed by atoms with Gasteiger partial charge in [0.05, 0.1) is 36.6 Å². The maximum atomic E-state index is 8.92. The van der Waals surface area contributed by atoms with Crippen molar-refractivity contribution >= 4 is 0 Å². The van der Waals surface area contributed by atoms with Crippen molar-refractivity contribution in [3.8, 4) is 23.2 Å². The standard InChI is InChI=1S/C16H19N3O/c1-5-12-6-7-15(20-4)13(10-12)16-18-11(2)14(8-9-17)19(16)3/h6-7,10H,5,8H2,1-4H3. The molecule has 2 rings (SSSR count). The molecule has 104 valence electrons. The van der Waals surface area contributed by atoms with Crippen molar-refractivity contribution in [3.63, 3.8) is 0 Å². The number of nitrogens with zero attached hydrogens (tertiary/aromatic N) is 3.